The number of para-hydroxylation sites is 1. The lowest BCUT2D eigenvalue weighted by Crippen LogP contribution is -2.39. The molecule has 0 saturated carbocycles. The number of hydrogen-bond donors (Lipinski definition) is 0. The van der Waals surface area contributed by atoms with Crippen molar-refractivity contribution < 1.29 is 4.74 Å². The van der Waals surface area contributed by atoms with Crippen LogP contribution in [-0.2, 0) is 6.54 Å². The number of nitrogens with zero attached hydrogens (tertiary/aromatic N) is 2. The number of benzene rings is 3. The van der Waals surface area contributed by atoms with Gasteiger partial charge in [-0.2, -0.15) is 0 Å². The predicted octanol–water partition coefficient (Wildman–Crippen LogP) is 3.83. The molecule has 0 atom stereocenters. The molecule has 0 saturated heterocycles. The monoisotopic (exact) mass is 386 g/mol. The van der Waals surface area contributed by atoms with Crippen LogP contribution in [0.3, 0.4) is 0 Å². The molecule has 0 amide bonds. The molecule has 0 unspecified atom stereocenters. The van der Waals surface area contributed by atoms with E-state index in [4.69, 9.17) is 4.74 Å². The average molecular weight is 386 g/mol. The van der Waals surface area contributed by atoms with Crippen molar-refractivity contribution in [3.8, 4) is 11.4 Å². The lowest BCUT2D eigenvalue weighted by molar-refractivity contribution is 0.414. The van der Waals surface area contributed by atoms with Gasteiger partial charge < -0.3 is 4.74 Å². The van der Waals surface area contributed by atoms with E-state index in [1.54, 1.807) is 17.7 Å². The molecule has 0 aliphatic carbocycles. The van der Waals surface area contributed by atoms with E-state index in [2.05, 4.69) is 0 Å². The number of aromatic nitrogens is 2. The summed E-state index contributed by atoms with van der Waals surface area (Å²) in [5.74, 6) is 0.724. The van der Waals surface area contributed by atoms with Crippen LogP contribution in [0.4, 0.5) is 0 Å². The van der Waals surface area contributed by atoms with Gasteiger partial charge in [-0.1, -0.05) is 30.3 Å². The van der Waals surface area contributed by atoms with Crippen LogP contribution in [0.5, 0.6) is 5.75 Å². The van der Waals surface area contributed by atoms with Crippen molar-refractivity contribution in [3.63, 3.8) is 0 Å². The summed E-state index contributed by atoms with van der Waals surface area (Å²) in [7, 11) is 1.61. The maximum absolute atomic E-state index is 13.5. The van der Waals surface area contributed by atoms with Gasteiger partial charge in [-0.3, -0.25) is 9.36 Å². The molecule has 0 fully saturated rings. The van der Waals surface area contributed by atoms with Gasteiger partial charge in [0, 0.05) is 0 Å². The van der Waals surface area contributed by atoms with E-state index in [1.807, 2.05) is 74.5 Å². The normalized spacial score (nSPS) is 11.0. The van der Waals surface area contributed by atoms with Crippen LogP contribution >= 0.6 is 0 Å². The van der Waals surface area contributed by atoms with Crippen LogP contribution in [0.1, 0.15) is 16.7 Å². The van der Waals surface area contributed by atoms with Gasteiger partial charge in [0.2, 0.25) is 0 Å². The second-order valence-electron chi connectivity index (χ2n) is 7.15. The van der Waals surface area contributed by atoms with Crippen molar-refractivity contribution in [1.82, 2.24) is 9.13 Å². The van der Waals surface area contributed by atoms with Gasteiger partial charge >= 0.3 is 5.69 Å². The van der Waals surface area contributed by atoms with Crippen molar-refractivity contribution in [2.45, 2.75) is 20.4 Å². The molecule has 0 N–H and O–H groups in total. The highest BCUT2D eigenvalue weighted by molar-refractivity contribution is 5.78. The molecular formula is C24H22N2O3. The van der Waals surface area contributed by atoms with E-state index < -0.39 is 0 Å². The Morgan fingerprint density at radius 1 is 0.862 bits per heavy atom. The minimum atomic E-state index is -0.361. The zero-order valence-electron chi connectivity index (χ0n) is 16.7. The molecule has 0 radical (unpaired) electrons. The molecule has 146 valence electrons. The zero-order valence-corrected chi connectivity index (χ0v) is 16.7. The second kappa shape index (κ2) is 7.43. The predicted molar refractivity (Wildman–Crippen MR) is 115 cm³/mol. The Balaban J connectivity index is 1.99. The van der Waals surface area contributed by atoms with Crippen LogP contribution in [-0.4, -0.2) is 16.2 Å². The lowest BCUT2D eigenvalue weighted by Gasteiger charge is -2.15. The molecular weight excluding hydrogens is 364 g/mol. The van der Waals surface area contributed by atoms with Crippen molar-refractivity contribution in [1.29, 1.82) is 0 Å². The number of rotatable bonds is 4. The summed E-state index contributed by atoms with van der Waals surface area (Å²) in [5, 5.41) is 0.508. The third kappa shape index (κ3) is 3.36. The fourth-order valence-corrected chi connectivity index (χ4v) is 3.52. The minimum absolute atomic E-state index is 0.309. The zero-order chi connectivity index (χ0) is 20.5. The second-order valence-corrected chi connectivity index (χ2v) is 7.15. The fourth-order valence-electron chi connectivity index (χ4n) is 3.52. The topological polar surface area (TPSA) is 53.2 Å². The fraction of sp³-hybridized carbons (Fsp3) is 0.167. The number of ether oxygens (including phenoxy) is 1. The SMILES string of the molecule is COc1cccc(Cn2c(=O)n(-c3ccc(C)c(C)c3)c(=O)c3ccccc32)c1. The van der Waals surface area contributed by atoms with Crippen molar-refractivity contribution in [2.75, 3.05) is 7.11 Å². The van der Waals surface area contributed by atoms with Crippen LogP contribution in [0, 0.1) is 13.8 Å². The highest BCUT2D eigenvalue weighted by Gasteiger charge is 2.15. The van der Waals surface area contributed by atoms with Gasteiger partial charge in [0.25, 0.3) is 5.56 Å². The number of methoxy groups -OCH3 is 1. The van der Waals surface area contributed by atoms with E-state index in [0.29, 0.717) is 23.1 Å². The van der Waals surface area contributed by atoms with E-state index in [-0.39, 0.29) is 11.2 Å². The molecule has 4 aromatic rings. The maximum Gasteiger partial charge on any atom is 0.336 e. The van der Waals surface area contributed by atoms with Crippen LogP contribution in [0.25, 0.3) is 16.6 Å². The Bertz CT molecular complexity index is 1330. The van der Waals surface area contributed by atoms with Gasteiger partial charge in [0.15, 0.2) is 0 Å². The van der Waals surface area contributed by atoms with Gasteiger partial charge in [-0.15, -0.1) is 0 Å². The Morgan fingerprint density at radius 2 is 1.66 bits per heavy atom. The smallest absolute Gasteiger partial charge is 0.336 e. The third-order valence-corrected chi connectivity index (χ3v) is 5.27. The maximum atomic E-state index is 13.5. The van der Waals surface area contributed by atoms with Crippen LogP contribution in [0.15, 0.2) is 76.3 Å². The van der Waals surface area contributed by atoms with Crippen molar-refractivity contribution in [2.24, 2.45) is 0 Å². The lowest BCUT2D eigenvalue weighted by atomic mass is 10.1. The highest BCUT2D eigenvalue weighted by atomic mass is 16.5. The quantitative estimate of drug-likeness (QED) is 0.536. The first-order valence-corrected chi connectivity index (χ1v) is 9.45. The first kappa shape index (κ1) is 18.7. The molecule has 4 rings (SSSR count). The molecule has 29 heavy (non-hydrogen) atoms. The average Bonchev–Trinajstić information content (AvgIpc) is 2.74. The first-order valence-electron chi connectivity index (χ1n) is 9.45. The van der Waals surface area contributed by atoms with E-state index >= 15 is 0 Å². The summed E-state index contributed by atoms with van der Waals surface area (Å²) in [5.41, 5.74) is 3.58. The summed E-state index contributed by atoms with van der Waals surface area (Å²) < 4.78 is 8.20. The standard InChI is InChI=1S/C24H22N2O3/c1-16-11-12-19(13-17(16)2)26-23(27)21-9-4-5-10-22(21)25(24(26)28)15-18-7-6-8-20(14-18)29-3/h4-14H,15H2,1-3H3. The Kier molecular flexibility index (Phi) is 4.80. The van der Waals surface area contributed by atoms with Crippen LogP contribution in [0.2, 0.25) is 0 Å². The Morgan fingerprint density at radius 3 is 2.41 bits per heavy atom. The number of hydrogen-bond acceptors (Lipinski definition) is 3. The molecule has 0 spiro atoms. The van der Waals surface area contributed by atoms with Crippen molar-refractivity contribution >= 4 is 10.9 Å². The van der Waals surface area contributed by atoms with E-state index in [9.17, 15) is 9.59 Å². The molecule has 5 heteroatoms. The molecule has 1 heterocycles. The third-order valence-electron chi connectivity index (χ3n) is 5.27. The number of aryl methyl sites for hydroxylation is 2. The molecule has 0 bridgehead atoms. The van der Waals surface area contributed by atoms with Gasteiger partial charge in [-0.25, -0.2) is 9.36 Å². The highest BCUT2D eigenvalue weighted by Crippen LogP contribution is 2.17. The Hall–Kier alpha value is -3.60. The van der Waals surface area contributed by atoms with Crippen LogP contribution < -0.4 is 16.0 Å². The molecule has 1 aromatic heterocycles. The summed E-state index contributed by atoms with van der Waals surface area (Å²) in [6, 6.07) is 20.4. The van der Waals surface area contributed by atoms with Gasteiger partial charge in [-0.05, 0) is 66.9 Å². The molecule has 3 aromatic carbocycles. The summed E-state index contributed by atoms with van der Waals surface area (Å²) in [6.07, 6.45) is 0. The van der Waals surface area contributed by atoms with Gasteiger partial charge in [0.05, 0.1) is 30.2 Å². The van der Waals surface area contributed by atoms with Crippen molar-refractivity contribution in [3.05, 3.63) is 104 Å². The summed E-state index contributed by atoms with van der Waals surface area (Å²) in [4.78, 5) is 26.6. The summed E-state index contributed by atoms with van der Waals surface area (Å²) >= 11 is 0. The first-order chi connectivity index (χ1) is 14.0. The number of fused-ring (bicyclic) bond motifs is 1. The molecule has 5 nitrogen and oxygen atoms in total. The largest absolute Gasteiger partial charge is 0.497 e. The van der Waals surface area contributed by atoms with Gasteiger partial charge in [0.1, 0.15) is 5.75 Å². The Labute approximate surface area is 168 Å². The molecule has 0 aliphatic rings. The van der Waals surface area contributed by atoms with E-state index in [1.165, 1.54) is 4.57 Å². The van der Waals surface area contributed by atoms with E-state index in [0.717, 1.165) is 22.4 Å². The molecule has 0 aliphatic heterocycles. The minimum Gasteiger partial charge on any atom is -0.497 e. The summed E-state index contributed by atoms with van der Waals surface area (Å²) in [6.45, 7) is 4.31.